The van der Waals surface area contributed by atoms with Crippen molar-refractivity contribution in [1.82, 2.24) is 4.98 Å². The van der Waals surface area contributed by atoms with Crippen LogP contribution in [-0.4, -0.2) is 9.91 Å². The number of benzene rings is 1. The molecule has 0 aliphatic carbocycles. The summed E-state index contributed by atoms with van der Waals surface area (Å²) < 4.78 is 6.46. The van der Waals surface area contributed by atoms with Gasteiger partial charge in [-0.2, -0.15) is 0 Å². The standard InChI is InChI=1S/C13H11BrN2O3/c1-9-4-12(2-3-13(9)16(17)18)19-8-10-5-11(14)7-15-6-10/h2-7H,8H2,1H3. The Labute approximate surface area is 118 Å². The molecule has 98 valence electrons. The number of pyridine rings is 1. The minimum Gasteiger partial charge on any atom is -0.489 e. The molecule has 2 rings (SSSR count). The van der Waals surface area contributed by atoms with Crippen LogP contribution in [0.1, 0.15) is 11.1 Å². The second-order valence-corrected chi connectivity index (χ2v) is 4.92. The number of nitrogens with zero attached hydrogens (tertiary/aromatic N) is 2. The van der Waals surface area contributed by atoms with Gasteiger partial charge in [0.2, 0.25) is 0 Å². The smallest absolute Gasteiger partial charge is 0.272 e. The zero-order valence-electron chi connectivity index (χ0n) is 10.2. The SMILES string of the molecule is Cc1cc(OCc2cncc(Br)c2)ccc1[N+](=O)[O-]. The Morgan fingerprint density at radius 3 is 2.79 bits per heavy atom. The van der Waals surface area contributed by atoms with E-state index in [1.165, 1.54) is 6.07 Å². The highest BCUT2D eigenvalue weighted by molar-refractivity contribution is 9.10. The molecule has 0 bridgehead atoms. The molecule has 6 heteroatoms. The lowest BCUT2D eigenvalue weighted by atomic mass is 10.2. The third kappa shape index (κ3) is 3.51. The first-order valence-electron chi connectivity index (χ1n) is 5.53. The van der Waals surface area contributed by atoms with E-state index >= 15 is 0 Å². The molecular weight excluding hydrogens is 312 g/mol. The molecule has 0 atom stereocenters. The number of aromatic nitrogens is 1. The lowest BCUT2D eigenvalue weighted by molar-refractivity contribution is -0.385. The molecule has 0 unspecified atom stereocenters. The predicted molar refractivity (Wildman–Crippen MR) is 74.1 cm³/mol. The van der Waals surface area contributed by atoms with Crippen LogP contribution in [0.4, 0.5) is 5.69 Å². The summed E-state index contributed by atoms with van der Waals surface area (Å²) in [6.07, 6.45) is 3.41. The number of nitro groups is 1. The van der Waals surface area contributed by atoms with Gasteiger partial charge in [0.15, 0.2) is 0 Å². The van der Waals surface area contributed by atoms with Gasteiger partial charge in [-0.3, -0.25) is 15.1 Å². The van der Waals surface area contributed by atoms with Gasteiger partial charge in [0.1, 0.15) is 12.4 Å². The molecule has 19 heavy (non-hydrogen) atoms. The molecule has 0 aliphatic heterocycles. The van der Waals surface area contributed by atoms with Gasteiger partial charge >= 0.3 is 0 Å². The Hall–Kier alpha value is -1.95. The molecule has 0 N–H and O–H groups in total. The fourth-order valence-electron chi connectivity index (χ4n) is 1.62. The number of halogens is 1. The molecule has 0 spiro atoms. The van der Waals surface area contributed by atoms with E-state index in [9.17, 15) is 10.1 Å². The van der Waals surface area contributed by atoms with Crippen molar-refractivity contribution in [3.8, 4) is 5.75 Å². The van der Waals surface area contributed by atoms with Crippen molar-refractivity contribution in [2.75, 3.05) is 0 Å². The second kappa shape index (κ2) is 5.79. The predicted octanol–water partition coefficient (Wildman–Crippen LogP) is 3.64. The summed E-state index contributed by atoms with van der Waals surface area (Å²) in [4.78, 5) is 14.3. The molecule has 0 saturated carbocycles. The monoisotopic (exact) mass is 322 g/mol. The van der Waals surface area contributed by atoms with Crippen LogP contribution in [0.15, 0.2) is 41.1 Å². The maximum atomic E-state index is 10.7. The zero-order chi connectivity index (χ0) is 13.8. The number of rotatable bonds is 4. The van der Waals surface area contributed by atoms with Crippen molar-refractivity contribution < 1.29 is 9.66 Å². The Kier molecular flexibility index (Phi) is 4.11. The highest BCUT2D eigenvalue weighted by Crippen LogP contribution is 2.23. The lowest BCUT2D eigenvalue weighted by Gasteiger charge is -2.07. The maximum Gasteiger partial charge on any atom is 0.272 e. The lowest BCUT2D eigenvalue weighted by Crippen LogP contribution is -1.97. The third-order valence-corrected chi connectivity index (χ3v) is 2.97. The number of aryl methyl sites for hydroxylation is 1. The van der Waals surface area contributed by atoms with E-state index in [-0.39, 0.29) is 5.69 Å². The number of ether oxygens (including phenoxy) is 1. The molecule has 1 heterocycles. The summed E-state index contributed by atoms with van der Waals surface area (Å²) in [5.74, 6) is 0.600. The minimum absolute atomic E-state index is 0.0940. The van der Waals surface area contributed by atoms with Crippen LogP contribution < -0.4 is 4.74 Å². The van der Waals surface area contributed by atoms with Crippen molar-refractivity contribution in [3.63, 3.8) is 0 Å². The van der Waals surface area contributed by atoms with Crippen molar-refractivity contribution in [2.45, 2.75) is 13.5 Å². The molecule has 1 aromatic heterocycles. The van der Waals surface area contributed by atoms with Crippen LogP contribution in [0.3, 0.4) is 0 Å². The molecule has 0 fully saturated rings. The molecule has 1 aromatic carbocycles. The molecule has 0 radical (unpaired) electrons. The van der Waals surface area contributed by atoms with Gasteiger partial charge in [0.25, 0.3) is 5.69 Å². The van der Waals surface area contributed by atoms with E-state index in [4.69, 9.17) is 4.74 Å². The summed E-state index contributed by atoms with van der Waals surface area (Å²) >= 11 is 3.33. The maximum absolute atomic E-state index is 10.7. The number of hydrogen-bond acceptors (Lipinski definition) is 4. The average molecular weight is 323 g/mol. The van der Waals surface area contributed by atoms with Crippen LogP contribution in [-0.2, 0) is 6.61 Å². The first-order chi connectivity index (χ1) is 9.06. The molecule has 0 amide bonds. The fraction of sp³-hybridized carbons (Fsp3) is 0.154. The van der Waals surface area contributed by atoms with E-state index in [2.05, 4.69) is 20.9 Å². The molecule has 5 nitrogen and oxygen atoms in total. The van der Waals surface area contributed by atoms with Crippen LogP contribution in [0.2, 0.25) is 0 Å². The minimum atomic E-state index is -0.405. The van der Waals surface area contributed by atoms with Crippen LogP contribution >= 0.6 is 15.9 Å². The van der Waals surface area contributed by atoms with Gasteiger partial charge in [0, 0.05) is 34.1 Å². The molecular formula is C13H11BrN2O3. The Bertz CT molecular complexity index is 617. The largest absolute Gasteiger partial charge is 0.489 e. The van der Waals surface area contributed by atoms with Gasteiger partial charge in [0.05, 0.1) is 4.92 Å². The van der Waals surface area contributed by atoms with Crippen molar-refractivity contribution in [1.29, 1.82) is 0 Å². The van der Waals surface area contributed by atoms with Crippen LogP contribution in [0, 0.1) is 17.0 Å². The number of nitro benzene ring substituents is 1. The third-order valence-electron chi connectivity index (χ3n) is 2.53. The van der Waals surface area contributed by atoms with Gasteiger partial charge < -0.3 is 4.74 Å². The van der Waals surface area contributed by atoms with Gasteiger partial charge in [-0.1, -0.05) is 0 Å². The Balaban J connectivity index is 2.08. The van der Waals surface area contributed by atoms with Gasteiger partial charge in [-0.15, -0.1) is 0 Å². The van der Waals surface area contributed by atoms with Crippen LogP contribution in [0.25, 0.3) is 0 Å². The second-order valence-electron chi connectivity index (χ2n) is 4.01. The van der Waals surface area contributed by atoms with E-state index in [1.54, 1.807) is 31.5 Å². The van der Waals surface area contributed by atoms with E-state index < -0.39 is 4.92 Å². The fourth-order valence-corrected chi connectivity index (χ4v) is 2.04. The van der Waals surface area contributed by atoms with Crippen molar-refractivity contribution in [3.05, 3.63) is 62.4 Å². The first-order valence-corrected chi connectivity index (χ1v) is 6.33. The van der Waals surface area contributed by atoms with Crippen molar-refractivity contribution >= 4 is 21.6 Å². The topological polar surface area (TPSA) is 65.3 Å². The normalized spacial score (nSPS) is 10.2. The van der Waals surface area contributed by atoms with Gasteiger partial charge in [-0.05, 0) is 41.1 Å². The highest BCUT2D eigenvalue weighted by Gasteiger charge is 2.10. The summed E-state index contributed by atoms with van der Waals surface area (Å²) in [5.41, 5.74) is 1.59. The Morgan fingerprint density at radius 1 is 1.37 bits per heavy atom. The summed E-state index contributed by atoms with van der Waals surface area (Å²) in [6.45, 7) is 2.05. The van der Waals surface area contributed by atoms with Crippen molar-refractivity contribution in [2.24, 2.45) is 0 Å². The van der Waals surface area contributed by atoms with E-state index in [0.29, 0.717) is 17.9 Å². The van der Waals surface area contributed by atoms with E-state index in [0.717, 1.165) is 10.0 Å². The Morgan fingerprint density at radius 2 is 2.16 bits per heavy atom. The molecule has 0 aliphatic rings. The summed E-state index contributed by atoms with van der Waals surface area (Å²) in [7, 11) is 0. The highest BCUT2D eigenvalue weighted by atomic mass is 79.9. The quantitative estimate of drug-likeness (QED) is 0.636. The molecule has 0 saturated heterocycles. The summed E-state index contributed by atoms with van der Waals surface area (Å²) in [6, 6.07) is 6.61. The average Bonchev–Trinajstić information content (AvgIpc) is 2.36. The number of hydrogen-bond donors (Lipinski definition) is 0. The van der Waals surface area contributed by atoms with E-state index in [1.807, 2.05) is 6.07 Å². The zero-order valence-corrected chi connectivity index (χ0v) is 11.8. The van der Waals surface area contributed by atoms with Crippen LogP contribution in [0.5, 0.6) is 5.75 Å². The van der Waals surface area contributed by atoms with Gasteiger partial charge in [-0.25, -0.2) is 0 Å². The molecule has 2 aromatic rings. The summed E-state index contributed by atoms with van der Waals surface area (Å²) in [5, 5.41) is 10.7. The first kappa shape index (κ1) is 13.5.